The van der Waals surface area contributed by atoms with Gasteiger partial charge in [-0.3, -0.25) is 9.52 Å². The number of methoxy groups -OCH3 is 1. The Kier molecular flexibility index (Phi) is 3.31. The van der Waals surface area contributed by atoms with E-state index in [1.807, 2.05) is 0 Å². The van der Waals surface area contributed by atoms with Gasteiger partial charge in [0, 0.05) is 7.11 Å². The van der Waals surface area contributed by atoms with Crippen LogP contribution in [0.1, 0.15) is 0 Å². The molecule has 0 saturated carbocycles. The minimum Gasteiger partial charge on any atom is -0.375 e. The highest BCUT2D eigenvalue weighted by Gasteiger charge is 2.05. The maximum absolute atomic E-state index is 10.4. The molecule has 0 radical (unpaired) electrons. The standard InChI is InChI=1S/C4H9NO4S/c1-9-3-4(6)5-10(2,7)8/h3H2,1-2H3,(H,5,6). The van der Waals surface area contributed by atoms with E-state index in [1.165, 1.54) is 7.11 Å². The maximum atomic E-state index is 10.4. The summed E-state index contributed by atoms with van der Waals surface area (Å²) in [6, 6.07) is 0. The molecule has 0 bridgehead atoms. The monoisotopic (exact) mass is 167 g/mol. The number of ether oxygens (including phenoxy) is 1. The lowest BCUT2D eigenvalue weighted by Gasteiger charge is -1.99. The summed E-state index contributed by atoms with van der Waals surface area (Å²) in [4.78, 5) is 10.4. The van der Waals surface area contributed by atoms with Crippen molar-refractivity contribution in [2.75, 3.05) is 20.0 Å². The van der Waals surface area contributed by atoms with Crippen molar-refractivity contribution >= 4 is 15.9 Å². The van der Waals surface area contributed by atoms with Crippen LogP contribution >= 0.6 is 0 Å². The summed E-state index contributed by atoms with van der Waals surface area (Å²) >= 11 is 0. The molecule has 0 spiro atoms. The van der Waals surface area contributed by atoms with Crippen molar-refractivity contribution in [1.82, 2.24) is 4.72 Å². The fraction of sp³-hybridized carbons (Fsp3) is 0.750. The summed E-state index contributed by atoms with van der Waals surface area (Å²) in [5.74, 6) is -0.662. The molecule has 0 atom stereocenters. The van der Waals surface area contributed by atoms with Crippen LogP contribution in [0.25, 0.3) is 0 Å². The molecule has 0 aliphatic heterocycles. The predicted octanol–water partition coefficient (Wildman–Crippen LogP) is -1.29. The third-order valence-corrected chi connectivity index (χ3v) is 1.17. The summed E-state index contributed by atoms with van der Waals surface area (Å²) in [7, 11) is -2.12. The molecule has 0 aliphatic carbocycles. The zero-order chi connectivity index (χ0) is 8.20. The van der Waals surface area contributed by atoms with E-state index in [9.17, 15) is 13.2 Å². The van der Waals surface area contributed by atoms with E-state index in [0.29, 0.717) is 0 Å². The second-order valence-electron chi connectivity index (χ2n) is 1.73. The third kappa shape index (κ3) is 5.52. The molecule has 0 saturated heterocycles. The van der Waals surface area contributed by atoms with Crippen LogP contribution in [0.3, 0.4) is 0 Å². The first kappa shape index (κ1) is 9.38. The van der Waals surface area contributed by atoms with Gasteiger partial charge in [0.25, 0.3) is 5.91 Å². The highest BCUT2D eigenvalue weighted by molar-refractivity contribution is 7.89. The molecular formula is C4H9NO4S. The lowest BCUT2D eigenvalue weighted by molar-refractivity contribution is -0.122. The molecule has 1 amide bonds. The van der Waals surface area contributed by atoms with Crippen LogP contribution in [0, 0.1) is 0 Å². The first-order valence-electron chi connectivity index (χ1n) is 2.45. The van der Waals surface area contributed by atoms with E-state index in [1.54, 1.807) is 4.72 Å². The molecular weight excluding hydrogens is 158 g/mol. The number of nitrogens with one attached hydrogen (secondary N) is 1. The minimum atomic E-state index is -3.43. The fourth-order valence-corrected chi connectivity index (χ4v) is 0.840. The van der Waals surface area contributed by atoms with E-state index in [2.05, 4.69) is 4.74 Å². The molecule has 10 heavy (non-hydrogen) atoms. The molecule has 0 aliphatic rings. The van der Waals surface area contributed by atoms with E-state index >= 15 is 0 Å². The van der Waals surface area contributed by atoms with Crippen molar-refractivity contribution in [3.63, 3.8) is 0 Å². The van der Waals surface area contributed by atoms with Gasteiger partial charge in [0.1, 0.15) is 6.61 Å². The van der Waals surface area contributed by atoms with Gasteiger partial charge < -0.3 is 4.74 Å². The number of hydrogen-bond donors (Lipinski definition) is 1. The highest BCUT2D eigenvalue weighted by Crippen LogP contribution is 1.75. The van der Waals surface area contributed by atoms with Crippen molar-refractivity contribution in [2.45, 2.75) is 0 Å². The first-order chi connectivity index (χ1) is 4.45. The highest BCUT2D eigenvalue weighted by atomic mass is 32.2. The molecule has 6 heteroatoms. The fourth-order valence-electron chi connectivity index (χ4n) is 0.367. The zero-order valence-corrected chi connectivity index (χ0v) is 6.56. The summed E-state index contributed by atoms with van der Waals surface area (Å²) < 4.78 is 26.8. The van der Waals surface area contributed by atoms with Gasteiger partial charge in [-0.15, -0.1) is 0 Å². The molecule has 60 valence electrons. The van der Waals surface area contributed by atoms with Crippen LogP contribution in [0.4, 0.5) is 0 Å². The lowest BCUT2D eigenvalue weighted by atomic mass is 10.7. The average molecular weight is 167 g/mol. The Hall–Kier alpha value is -0.620. The topological polar surface area (TPSA) is 72.5 Å². The van der Waals surface area contributed by atoms with E-state index in [0.717, 1.165) is 6.26 Å². The molecule has 0 unspecified atom stereocenters. The van der Waals surface area contributed by atoms with Crippen LogP contribution in [0.2, 0.25) is 0 Å². The summed E-state index contributed by atoms with van der Waals surface area (Å²) in [6.45, 7) is -0.243. The number of hydrogen-bond acceptors (Lipinski definition) is 4. The Bertz CT molecular complexity index is 207. The van der Waals surface area contributed by atoms with Gasteiger partial charge in [-0.25, -0.2) is 8.42 Å². The predicted molar refractivity (Wildman–Crippen MR) is 34.9 cm³/mol. The van der Waals surface area contributed by atoms with Gasteiger partial charge in [-0.2, -0.15) is 0 Å². The van der Waals surface area contributed by atoms with Crippen LogP contribution in [-0.4, -0.2) is 34.3 Å². The molecule has 0 heterocycles. The van der Waals surface area contributed by atoms with Gasteiger partial charge >= 0.3 is 0 Å². The Morgan fingerprint density at radius 1 is 1.60 bits per heavy atom. The van der Waals surface area contributed by atoms with Gasteiger partial charge in [0.15, 0.2) is 0 Å². The summed E-state index contributed by atoms with van der Waals surface area (Å²) in [6.07, 6.45) is 0.903. The quantitative estimate of drug-likeness (QED) is 0.567. The Balaban J connectivity index is 3.82. The second-order valence-corrected chi connectivity index (χ2v) is 3.48. The largest absolute Gasteiger partial charge is 0.375 e. The number of sulfonamides is 1. The Morgan fingerprint density at radius 2 is 2.10 bits per heavy atom. The molecule has 0 aromatic carbocycles. The van der Waals surface area contributed by atoms with Crippen molar-refractivity contribution in [2.24, 2.45) is 0 Å². The molecule has 0 aromatic rings. The molecule has 0 rings (SSSR count). The molecule has 0 fully saturated rings. The van der Waals surface area contributed by atoms with Crippen molar-refractivity contribution in [3.8, 4) is 0 Å². The van der Waals surface area contributed by atoms with Crippen LogP contribution in [0.5, 0.6) is 0 Å². The normalized spacial score (nSPS) is 11.0. The summed E-state index contributed by atoms with van der Waals surface area (Å²) in [5.41, 5.74) is 0. The van der Waals surface area contributed by atoms with Crippen LogP contribution in [-0.2, 0) is 19.6 Å². The van der Waals surface area contributed by atoms with Gasteiger partial charge in [0.2, 0.25) is 10.0 Å². The molecule has 5 nitrogen and oxygen atoms in total. The van der Waals surface area contributed by atoms with E-state index < -0.39 is 15.9 Å². The second kappa shape index (κ2) is 3.52. The lowest BCUT2D eigenvalue weighted by Crippen LogP contribution is -2.32. The average Bonchev–Trinajstić information content (AvgIpc) is 1.59. The van der Waals surface area contributed by atoms with Gasteiger partial charge in [0.05, 0.1) is 6.26 Å². The Morgan fingerprint density at radius 3 is 2.40 bits per heavy atom. The van der Waals surface area contributed by atoms with Gasteiger partial charge in [-0.1, -0.05) is 0 Å². The number of carbonyl (C=O) groups excluding carboxylic acids is 1. The summed E-state index contributed by atoms with van der Waals surface area (Å²) in [5, 5.41) is 0. The molecule has 0 aromatic heterocycles. The number of rotatable bonds is 3. The van der Waals surface area contributed by atoms with Crippen molar-refractivity contribution < 1.29 is 17.9 Å². The Labute approximate surface area is 59.4 Å². The first-order valence-corrected chi connectivity index (χ1v) is 4.34. The maximum Gasteiger partial charge on any atom is 0.259 e. The number of carbonyl (C=O) groups is 1. The third-order valence-electron chi connectivity index (χ3n) is 0.575. The van der Waals surface area contributed by atoms with Crippen LogP contribution in [0.15, 0.2) is 0 Å². The minimum absolute atomic E-state index is 0.243. The number of amides is 1. The smallest absolute Gasteiger partial charge is 0.259 e. The van der Waals surface area contributed by atoms with Gasteiger partial charge in [-0.05, 0) is 0 Å². The van der Waals surface area contributed by atoms with Crippen molar-refractivity contribution in [1.29, 1.82) is 0 Å². The SMILES string of the molecule is COCC(=O)NS(C)(=O)=O. The zero-order valence-electron chi connectivity index (χ0n) is 5.75. The van der Waals surface area contributed by atoms with E-state index in [-0.39, 0.29) is 6.61 Å². The van der Waals surface area contributed by atoms with Crippen molar-refractivity contribution in [3.05, 3.63) is 0 Å². The van der Waals surface area contributed by atoms with Crippen LogP contribution < -0.4 is 4.72 Å². The molecule has 1 N–H and O–H groups in total. The van der Waals surface area contributed by atoms with E-state index in [4.69, 9.17) is 0 Å².